The molecule has 1 fully saturated rings. The van der Waals surface area contributed by atoms with Gasteiger partial charge in [-0.2, -0.15) is 0 Å². The van der Waals surface area contributed by atoms with Crippen LogP contribution in [0.3, 0.4) is 0 Å². The molecule has 0 unspecified atom stereocenters. The number of nitrogens with zero attached hydrogens (tertiary/aromatic N) is 2. The Labute approximate surface area is 186 Å². The molecule has 3 heteroatoms. The Morgan fingerprint density at radius 3 is 2.03 bits per heavy atom. The zero-order valence-electron chi connectivity index (χ0n) is 18.2. The van der Waals surface area contributed by atoms with Crippen molar-refractivity contribution in [2.45, 2.75) is 25.7 Å². The molecule has 1 aliphatic rings. The van der Waals surface area contributed by atoms with Crippen molar-refractivity contribution in [3.8, 4) is 0 Å². The third-order valence-electron chi connectivity index (χ3n) is 6.36. The van der Waals surface area contributed by atoms with Crippen LogP contribution in [0, 0.1) is 5.92 Å². The van der Waals surface area contributed by atoms with Gasteiger partial charge in [-0.1, -0.05) is 66.7 Å². The summed E-state index contributed by atoms with van der Waals surface area (Å²) in [7, 11) is 0. The average molecular weight is 413 g/mol. The summed E-state index contributed by atoms with van der Waals surface area (Å²) >= 11 is 0. The topological polar surface area (TPSA) is 23.6 Å². The standard InChI is InChI=1S/C28H32N2O/c31-28(26-12-6-2-7-13-26)30(27-14-8-3-9-15-27)23-19-25-17-21-29(22-18-25)20-16-24-10-4-1-5-11-24/h1-15,25H,16-23H2. The molecule has 0 saturated carbocycles. The average Bonchev–Trinajstić information content (AvgIpc) is 2.85. The summed E-state index contributed by atoms with van der Waals surface area (Å²) in [5.74, 6) is 0.773. The van der Waals surface area contributed by atoms with Crippen LogP contribution in [0.4, 0.5) is 5.69 Å². The SMILES string of the molecule is O=C(c1ccccc1)N(CCC1CCN(CCc2ccccc2)CC1)c1ccccc1. The monoisotopic (exact) mass is 412 g/mol. The minimum absolute atomic E-state index is 0.0899. The zero-order chi connectivity index (χ0) is 21.3. The van der Waals surface area contributed by atoms with Crippen LogP contribution in [-0.2, 0) is 6.42 Å². The molecule has 0 spiro atoms. The van der Waals surface area contributed by atoms with E-state index in [4.69, 9.17) is 0 Å². The predicted molar refractivity (Wildman–Crippen MR) is 128 cm³/mol. The van der Waals surface area contributed by atoms with E-state index in [1.54, 1.807) is 0 Å². The first-order valence-corrected chi connectivity index (χ1v) is 11.5. The van der Waals surface area contributed by atoms with E-state index in [2.05, 4.69) is 35.2 Å². The van der Waals surface area contributed by atoms with Gasteiger partial charge >= 0.3 is 0 Å². The maximum Gasteiger partial charge on any atom is 0.258 e. The molecular weight excluding hydrogens is 380 g/mol. The van der Waals surface area contributed by atoms with Crippen molar-refractivity contribution in [3.63, 3.8) is 0 Å². The molecular formula is C28H32N2O. The van der Waals surface area contributed by atoms with E-state index in [0.29, 0.717) is 5.92 Å². The number of benzene rings is 3. The molecule has 1 saturated heterocycles. The molecule has 3 aromatic rings. The first kappa shape index (κ1) is 21.3. The number of likely N-dealkylation sites (tertiary alicyclic amines) is 1. The summed E-state index contributed by atoms with van der Waals surface area (Å²) in [5, 5.41) is 0. The number of hydrogen-bond acceptors (Lipinski definition) is 2. The molecule has 0 radical (unpaired) electrons. The van der Waals surface area contributed by atoms with Crippen molar-refractivity contribution < 1.29 is 4.79 Å². The molecule has 0 aromatic heterocycles. The molecule has 4 rings (SSSR count). The van der Waals surface area contributed by atoms with Gasteiger partial charge in [0.25, 0.3) is 5.91 Å². The smallest absolute Gasteiger partial charge is 0.258 e. The Morgan fingerprint density at radius 2 is 1.39 bits per heavy atom. The molecule has 1 amide bonds. The fourth-order valence-electron chi connectivity index (χ4n) is 4.43. The second-order valence-corrected chi connectivity index (χ2v) is 8.47. The van der Waals surface area contributed by atoms with Gasteiger partial charge in [0.15, 0.2) is 0 Å². The minimum Gasteiger partial charge on any atom is -0.308 e. The number of amides is 1. The second kappa shape index (κ2) is 10.9. The number of carbonyl (C=O) groups is 1. The van der Waals surface area contributed by atoms with Gasteiger partial charge in [-0.3, -0.25) is 4.79 Å². The highest BCUT2D eigenvalue weighted by Crippen LogP contribution is 2.24. The van der Waals surface area contributed by atoms with Crippen molar-refractivity contribution in [2.24, 2.45) is 5.92 Å². The first-order valence-electron chi connectivity index (χ1n) is 11.5. The van der Waals surface area contributed by atoms with Gasteiger partial charge < -0.3 is 9.80 Å². The molecule has 0 bridgehead atoms. The lowest BCUT2D eigenvalue weighted by Gasteiger charge is -2.33. The molecule has 31 heavy (non-hydrogen) atoms. The number of para-hydroxylation sites is 1. The van der Waals surface area contributed by atoms with Gasteiger partial charge in [-0.05, 0) is 74.5 Å². The van der Waals surface area contributed by atoms with Crippen LogP contribution in [0.15, 0.2) is 91.0 Å². The van der Waals surface area contributed by atoms with Crippen LogP contribution < -0.4 is 4.90 Å². The van der Waals surface area contributed by atoms with E-state index < -0.39 is 0 Å². The minimum atomic E-state index is 0.0899. The zero-order valence-corrected chi connectivity index (χ0v) is 18.2. The van der Waals surface area contributed by atoms with Crippen molar-refractivity contribution >= 4 is 11.6 Å². The van der Waals surface area contributed by atoms with Crippen molar-refractivity contribution in [2.75, 3.05) is 31.1 Å². The second-order valence-electron chi connectivity index (χ2n) is 8.47. The summed E-state index contributed by atoms with van der Waals surface area (Å²) in [4.78, 5) is 17.8. The van der Waals surface area contributed by atoms with E-state index in [1.165, 1.54) is 18.4 Å². The third kappa shape index (κ3) is 6.05. The summed E-state index contributed by atoms with van der Waals surface area (Å²) in [6.07, 6.45) is 4.62. The van der Waals surface area contributed by atoms with Crippen LogP contribution in [0.25, 0.3) is 0 Å². The Balaban J connectivity index is 1.30. The van der Waals surface area contributed by atoms with Gasteiger partial charge in [0.1, 0.15) is 0 Å². The molecule has 0 aliphatic carbocycles. The number of anilines is 1. The number of piperidine rings is 1. The fraction of sp³-hybridized carbons (Fsp3) is 0.321. The maximum absolute atomic E-state index is 13.2. The van der Waals surface area contributed by atoms with Crippen molar-refractivity contribution in [1.29, 1.82) is 0 Å². The van der Waals surface area contributed by atoms with Gasteiger partial charge in [0.2, 0.25) is 0 Å². The largest absolute Gasteiger partial charge is 0.308 e. The van der Waals surface area contributed by atoms with Crippen molar-refractivity contribution in [3.05, 3.63) is 102 Å². The lowest BCUT2D eigenvalue weighted by atomic mass is 9.93. The highest BCUT2D eigenvalue weighted by atomic mass is 16.2. The summed E-state index contributed by atoms with van der Waals surface area (Å²) in [6, 6.07) is 30.5. The quantitative estimate of drug-likeness (QED) is 0.475. The van der Waals surface area contributed by atoms with E-state index >= 15 is 0 Å². The highest BCUT2D eigenvalue weighted by Gasteiger charge is 2.22. The van der Waals surface area contributed by atoms with Gasteiger partial charge in [-0.25, -0.2) is 0 Å². The molecule has 1 aliphatic heterocycles. The van der Waals surface area contributed by atoms with E-state index in [0.717, 1.165) is 50.3 Å². The third-order valence-corrected chi connectivity index (χ3v) is 6.36. The predicted octanol–water partition coefficient (Wildman–Crippen LogP) is 5.68. The van der Waals surface area contributed by atoms with Gasteiger partial charge in [-0.15, -0.1) is 0 Å². The molecule has 0 N–H and O–H groups in total. The Hall–Kier alpha value is -2.91. The lowest BCUT2D eigenvalue weighted by molar-refractivity contribution is 0.0983. The summed E-state index contributed by atoms with van der Waals surface area (Å²) < 4.78 is 0. The number of hydrogen-bond donors (Lipinski definition) is 0. The first-order chi connectivity index (χ1) is 15.3. The molecule has 160 valence electrons. The summed E-state index contributed by atoms with van der Waals surface area (Å²) in [5.41, 5.74) is 3.15. The van der Waals surface area contributed by atoms with Crippen molar-refractivity contribution in [1.82, 2.24) is 4.90 Å². The molecule has 0 atom stereocenters. The van der Waals surface area contributed by atoms with E-state index in [-0.39, 0.29) is 5.91 Å². The molecule has 1 heterocycles. The lowest BCUT2D eigenvalue weighted by Crippen LogP contribution is -2.37. The van der Waals surface area contributed by atoms with Crippen LogP contribution >= 0.6 is 0 Å². The Kier molecular flexibility index (Phi) is 7.51. The fourth-order valence-corrected chi connectivity index (χ4v) is 4.43. The Bertz CT molecular complexity index is 919. The van der Waals surface area contributed by atoms with E-state index in [1.807, 2.05) is 65.6 Å². The Morgan fingerprint density at radius 1 is 0.806 bits per heavy atom. The number of rotatable bonds is 8. The van der Waals surface area contributed by atoms with E-state index in [9.17, 15) is 4.79 Å². The highest BCUT2D eigenvalue weighted by molar-refractivity contribution is 6.06. The number of carbonyl (C=O) groups excluding carboxylic acids is 1. The molecule has 3 aromatic carbocycles. The maximum atomic E-state index is 13.2. The van der Waals surface area contributed by atoms with Crippen LogP contribution in [0.5, 0.6) is 0 Å². The van der Waals surface area contributed by atoms with Gasteiger partial charge in [0, 0.05) is 24.3 Å². The molecule has 3 nitrogen and oxygen atoms in total. The van der Waals surface area contributed by atoms with Gasteiger partial charge in [0.05, 0.1) is 0 Å². The van der Waals surface area contributed by atoms with Crippen LogP contribution in [0.1, 0.15) is 35.2 Å². The van der Waals surface area contributed by atoms with Crippen LogP contribution in [0.2, 0.25) is 0 Å². The van der Waals surface area contributed by atoms with Crippen LogP contribution in [-0.4, -0.2) is 37.0 Å². The normalized spacial score (nSPS) is 15.0. The summed E-state index contributed by atoms with van der Waals surface area (Å²) in [6.45, 7) is 4.23.